The lowest BCUT2D eigenvalue weighted by molar-refractivity contribution is -0.137. The van der Waals surface area contributed by atoms with E-state index in [4.69, 9.17) is 9.84 Å². The van der Waals surface area contributed by atoms with E-state index in [1.807, 2.05) is 31.2 Å². The summed E-state index contributed by atoms with van der Waals surface area (Å²) in [7, 11) is 0. The first kappa shape index (κ1) is 24.8. The van der Waals surface area contributed by atoms with Gasteiger partial charge in [0, 0.05) is 18.0 Å². The molecule has 2 aromatic carbocycles. The summed E-state index contributed by atoms with van der Waals surface area (Å²) in [6.45, 7) is 2.08. The molecule has 2 amide bonds. The normalized spacial score (nSPS) is 20.1. The third-order valence-electron chi connectivity index (χ3n) is 7.26. The number of carboxylic acids is 1. The molecule has 186 valence electrons. The predicted molar refractivity (Wildman–Crippen MR) is 133 cm³/mol. The highest BCUT2D eigenvalue weighted by Crippen LogP contribution is 2.44. The van der Waals surface area contributed by atoms with E-state index in [0.29, 0.717) is 19.3 Å². The quantitative estimate of drug-likeness (QED) is 0.471. The minimum atomic E-state index is -0.939. The molecule has 0 aromatic heterocycles. The molecule has 3 atom stereocenters. The number of carboxylic acid groups (broad SMARTS) is 1. The molecule has 4 rings (SSSR count). The number of hydrogen-bond acceptors (Lipinski definition) is 4. The van der Waals surface area contributed by atoms with Gasteiger partial charge in [-0.2, -0.15) is 0 Å². The Morgan fingerprint density at radius 1 is 0.971 bits per heavy atom. The molecule has 1 fully saturated rings. The second kappa shape index (κ2) is 11.4. The van der Waals surface area contributed by atoms with Crippen LogP contribution in [0.15, 0.2) is 48.5 Å². The number of nitrogens with one attached hydrogen (secondary N) is 2. The van der Waals surface area contributed by atoms with Gasteiger partial charge >= 0.3 is 12.1 Å². The van der Waals surface area contributed by atoms with E-state index in [9.17, 15) is 14.4 Å². The van der Waals surface area contributed by atoms with Crippen molar-refractivity contribution in [3.05, 3.63) is 59.7 Å². The molecule has 1 saturated carbocycles. The molecular formula is C28H34N2O5. The molecule has 0 saturated heterocycles. The van der Waals surface area contributed by atoms with Crippen LogP contribution in [0.3, 0.4) is 0 Å². The van der Waals surface area contributed by atoms with Gasteiger partial charge in [0.2, 0.25) is 5.91 Å². The van der Waals surface area contributed by atoms with Crippen molar-refractivity contribution in [3.8, 4) is 11.1 Å². The Balaban J connectivity index is 1.40. The van der Waals surface area contributed by atoms with Gasteiger partial charge < -0.3 is 20.5 Å². The van der Waals surface area contributed by atoms with Gasteiger partial charge in [0.25, 0.3) is 0 Å². The number of ether oxygens (including phenoxy) is 1. The van der Waals surface area contributed by atoms with E-state index in [1.165, 1.54) is 11.1 Å². The Morgan fingerprint density at radius 2 is 1.60 bits per heavy atom. The molecular weight excluding hydrogens is 444 g/mol. The third kappa shape index (κ3) is 5.84. The number of aliphatic carboxylic acids is 1. The van der Waals surface area contributed by atoms with Crippen molar-refractivity contribution in [3.63, 3.8) is 0 Å². The third-order valence-corrected chi connectivity index (χ3v) is 7.26. The average molecular weight is 479 g/mol. The molecule has 7 nitrogen and oxygen atoms in total. The van der Waals surface area contributed by atoms with Gasteiger partial charge in [-0.25, -0.2) is 4.79 Å². The van der Waals surface area contributed by atoms with Crippen molar-refractivity contribution in [1.82, 2.24) is 10.6 Å². The minimum Gasteiger partial charge on any atom is -0.481 e. The number of carbonyl (C=O) groups is 3. The SMILES string of the molecule is CCC(CC(=O)O)NC(=O)[C@@H]1CCCCC[C@@H]1NC(=O)OCC1c2ccccc2-c2ccccc21. The topological polar surface area (TPSA) is 105 Å². The lowest BCUT2D eigenvalue weighted by Gasteiger charge is -2.27. The summed E-state index contributed by atoms with van der Waals surface area (Å²) in [5.74, 6) is -1.56. The van der Waals surface area contributed by atoms with E-state index in [0.717, 1.165) is 30.4 Å². The summed E-state index contributed by atoms with van der Waals surface area (Å²) in [5, 5.41) is 14.9. The molecule has 2 aliphatic carbocycles. The van der Waals surface area contributed by atoms with Gasteiger partial charge in [0.05, 0.1) is 12.3 Å². The van der Waals surface area contributed by atoms with Gasteiger partial charge in [-0.05, 0) is 41.5 Å². The Labute approximate surface area is 206 Å². The van der Waals surface area contributed by atoms with E-state index >= 15 is 0 Å². The molecule has 35 heavy (non-hydrogen) atoms. The van der Waals surface area contributed by atoms with Gasteiger partial charge in [0.15, 0.2) is 0 Å². The van der Waals surface area contributed by atoms with E-state index in [2.05, 4.69) is 34.9 Å². The number of amides is 2. The number of hydrogen-bond donors (Lipinski definition) is 3. The van der Waals surface area contributed by atoms with Crippen LogP contribution >= 0.6 is 0 Å². The van der Waals surface area contributed by atoms with E-state index < -0.39 is 24.0 Å². The van der Waals surface area contributed by atoms with Crippen molar-refractivity contribution < 1.29 is 24.2 Å². The van der Waals surface area contributed by atoms with Crippen LogP contribution in [0.2, 0.25) is 0 Å². The van der Waals surface area contributed by atoms with Crippen molar-refractivity contribution in [2.75, 3.05) is 6.61 Å². The summed E-state index contributed by atoms with van der Waals surface area (Å²) in [6.07, 6.45) is 4.07. The van der Waals surface area contributed by atoms with Gasteiger partial charge in [-0.15, -0.1) is 0 Å². The number of alkyl carbamates (subject to hydrolysis) is 1. The molecule has 2 aromatic rings. The zero-order chi connectivity index (χ0) is 24.8. The molecule has 0 radical (unpaired) electrons. The Hall–Kier alpha value is -3.35. The molecule has 0 bridgehead atoms. The molecule has 2 aliphatic rings. The average Bonchev–Trinajstić information content (AvgIpc) is 2.98. The van der Waals surface area contributed by atoms with Crippen LogP contribution in [0.1, 0.15) is 68.9 Å². The van der Waals surface area contributed by atoms with Gasteiger partial charge in [0.1, 0.15) is 6.61 Å². The second-order valence-electron chi connectivity index (χ2n) is 9.53. The first-order valence-electron chi connectivity index (χ1n) is 12.6. The lowest BCUT2D eigenvalue weighted by Crippen LogP contribution is -2.49. The fraction of sp³-hybridized carbons (Fsp3) is 0.464. The highest BCUT2D eigenvalue weighted by atomic mass is 16.5. The summed E-state index contributed by atoms with van der Waals surface area (Å²) in [5.41, 5.74) is 4.64. The molecule has 1 unspecified atom stereocenters. The molecule has 3 N–H and O–H groups in total. The molecule has 0 spiro atoms. The highest BCUT2D eigenvalue weighted by molar-refractivity contribution is 5.82. The summed E-state index contributed by atoms with van der Waals surface area (Å²) < 4.78 is 5.71. The Kier molecular flexibility index (Phi) is 8.06. The van der Waals surface area contributed by atoms with Gasteiger partial charge in [-0.3, -0.25) is 9.59 Å². The van der Waals surface area contributed by atoms with Crippen LogP contribution in [-0.4, -0.2) is 41.8 Å². The Morgan fingerprint density at radius 3 is 2.23 bits per heavy atom. The second-order valence-corrected chi connectivity index (χ2v) is 9.53. The smallest absolute Gasteiger partial charge is 0.407 e. The molecule has 0 aliphatic heterocycles. The van der Waals surface area contributed by atoms with Crippen LogP contribution in [-0.2, 0) is 14.3 Å². The zero-order valence-electron chi connectivity index (χ0n) is 20.2. The van der Waals surface area contributed by atoms with Crippen LogP contribution in [0.5, 0.6) is 0 Å². The molecule has 7 heteroatoms. The van der Waals surface area contributed by atoms with Crippen molar-refractivity contribution in [2.24, 2.45) is 5.92 Å². The van der Waals surface area contributed by atoms with Crippen molar-refractivity contribution in [1.29, 1.82) is 0 Å². The number of fused-ring (bicyclic) bond motifs is 3. The zero-order valence-corrected chi connectivity index (χ0v) is 20.2. The maximum atomic E-state index is 13.0. The fourth-order valence-electron chi connectivity index (χ4n) is 5.40. The van der Waals surface area contributed by atoms with E-state index in [1.54, 1.807) is 0 Å². The number of benzene rings is 2. The van der Waals surface area contributed by atoms with Crippen molar-refractivity contribution in [2.45, 2.75) is 69.9 Å². The van der Waals surface area contributed by atoms with E-state index in [-0.39, 0.29) is 30.9 Å². The largest absolute Gasteiger partial charge is 0.481 e. The standard InChI is InChI=1S/C28H34N2O5/c1-2-18(16-26(31)32)29-27(33)23-14-4-3-5-15-25(23)30-28(34)35-17-24-21-12-8-6-10-19(21)20-11-7-9-13-22(20)24/h6-13,18,23-25H,2-5,14-17H2,1H3,(H,29,33)(H,30,34)(H,31,32)/t18?,23-,25+/m1/s1. The van der Waals surface area contributed by atoms with Crippen LogP contribution in [0, 0.1) is 5.92 Å². The number of carbonyl (C=O) groups excluding carboxylic acids is 2. The minimum absolute atomic E-state index is 0.0253. The maximum Gasteiger partial charge on any atom is 0.407 e. The number of rotatable bonds is 8. The predicted octanol–water partition coefficient (Wildman–Crippen LogP) is 4.84. The maximum absolute atomic E-state index is 13.0. The summed E-state index contributed by atoms with van der Waals surface area (Å²) in [6, 6.07) is 15.6. The highest BCUT2D eigenvalue weighted by Gasteiger charge is 2.33. The molecule has 0 heterocycles. The summed E-state index contributed by atoms with van der Waals surface area (Å²) >= 11 is 0. The van der Waals surface area contributed by atoms with Crippen LogP contribution in [0.25, 0.3) is 11.1 Å². The van der Waals surface area contributed by atoms with Crippen LogP contribution < -0.4 is 10.6 Å². The first-order valence-corrected chi connectivity index (χ1v) is 12.6. The van der Waals surface area contributed by atoms with Crippen LogP contribution in [0.4, 0.5) is 4.79 Å². The Bertz CT molecular complexity index is 1020. The van der Waals surface area contributed by atoms with Crippen molar-refractivity contribution >= 4 is 18.0 Å². The summed E-state index contributed by atoms with van der Waals surface area (Å²) in [4.78, 5) is 37.0. The lowest BCUT2D eigenvalue weighted by atomic mass is 9.93. The fourth-order valence-corrected chi connectivity index (χ4v) is 5.40. The first-order chi connectivity index (χ1) is 17.0. The van der Waals surface area contributed by atoms with Gasteiger partial charge in [-0.1, -0.05) is 74.7 Å². The monoisotopic (exact) mass is 478 g/mol.